The molecule has 0 saturated carbocycles. The number of fused-ring (bicyclic) bond motifs is 1. The van der Waals surface area contributed by atoms with Gasteiger partial charge in [0.05, 0.1) is 12.2 Å². The second-order valence-electron chi connectivity index (χ2n) is 6.79. The van der Waals surface area contributed by atoms with Crippen LogP contribution in [-0.2, 0) is 16.0 Å². The molecule has 0 aromatic heterocycles. The molecule has 0 aliphatic carbocycles. The fraction of sp³-hybridized carbons (Fsp3) is 0.579. The summed E-state index contributed by atoms with van der Waals surface area (Å²) in [5.74, 6) is 0.222. The number of rotatable bonds is 10. The Labute approximate surface area is 159 Å². The number of nitrogens with two attached hydrogens (primary N) is 1. The molecule has 1 amide bonds. The Hall–Kier alpha value is -2.32. The van der Waals surface area contributed by atoms with Crippen molar-refractivity contribution in [2.24, 2.45) is 5.73 Å². The van der Waals surface area contributed by atoms with Gasteiger partial charge < -0.3 is 25.6 Å². The van der Waals surface area contributed by atoms with E-state index in [4.69, 9.17) is 20.3 Å². The summed E-state index contributed by atoms with van der Waals surface area (Å²) in [7, 11) is 0. The average Bonchev–Trinajstić information content (AvgIpc) is 3.07. The zero-order valence-electron chi connectivity index (χ0n) is 16.1. The van der Waals surface area contributed by atoms with Crippen LogP contribution in [0.1, 0.15) is 39.2 Å². The van der Waals surface area contributed by atoms with E-state index in [-0.39, 0.29) is 37.7 Å². The number of hydrogen-bond acceptors (Lipinski definition) is 6. The minimum Gasteiger partial charge on any atom is -0.481 e. The number of nitrogens with zero attached hydrogens (tertiary/aromatic N) is 1. The molecule has 0 radical (unpaired) electrons. The van der Waals surface area contributed by atoms with E-state index in [0.717, 1.165) is 30.0 Å². The Kier molecular flexibility index (Phi) is 7.44. The van der Waals surface area contributed by atoms with E-state index < -0.39 is 12.0 Å². The molecule has 8 nitrogen and oxygen atoms in total. The average molecular weight is 379 g/mol. The lowest BCUT2D eigenvalue weighted by Crippen LogP contribution is -2.54. The molecule has 1 aromatic carbocycles. The molecule has 0 fully saturated rings. The summed E-state index contributed by atoms with van der Waals surface area (Å²) in [6.45, 7) is 7.03. The molecule has 0 spiro atoms. The largest absolute Gasteiger partial charge is 0.481 e. The second-order valence-corrected chi connectivity index (χ2v) is 6.79. The molecule has 27 heavy (non-hydrogen) atoms. The minimum absolute atomic E-state index is 0.118. The molecule has 1 aliphatic heterocycles. The lowest BCUT2D eigenvalue weighted by molar-refractivity contribution is -0.137. The first-order valence-electron chi connectivity index (χ1n) is 9.23. The summed E-state index contributed by atoms with van der Waals surface area (Å²) in [6, 6.07) is 5.25. The van der Waals surface area contributed by atoms with Crippen molar-refractivity contribution in [3.63, 3.8) is 0 Å². The van der Waals surface area contributed by atoms with Gasteiger partial charge in [-0.3, -0.25) is 14.5 Å². The first-order chi connectivity index (χ1) is 12.8. The molecule has 0 saturated heterocycles. The number of aliphatic carboxylic acids is 1. The van der Waals surface area contributed by atoms with Crippen LogP contribution in [0.15, 0.2) is 18.2 Å². The van der Waals surface area contributed by atoms with Crippen LogP contribution in [0.3, 0.4) is 0 Å². The van der Waals surface area contributed by atoms with Crippen molar-refractivity contribution in [2.75, 3.05) is 13.3 Å². The van der Waals surface area contributed by atoms with E-state index in [9.17, 15) is 9.59 Å². The molecule has 0 bridgehead atoms. The molecule has 1 aromatic rings. The number of amides is 1. The number of carbonyl (C=O) groups is 2. The molecule has 3 atom stereocenters. The SMILES string of the molecule is CCN(C(C)Cc1ccc2c(c1)OCO2)C(C)NC(=O)C(N)CCC(=O)O. The van der Waals surface area contributed by atoms with E-state index in [2.05, 4.69) is 17.1 Å². The molecule has 3 unspecified atom stereocenters. The Morgan fingerprint density at radius 1 is 1.30 bits per heavy atom. The predicted octanol–water partition coefficient (Wildman–Crippen LogP) is 1.32. The van der Waals surface area contributed by atoms with Gasteiger partial charge in [-0.15, -0.1) is 0 Å². The summed E-state index contributed by atoms with van der Waals surface area (Å²) in [6.07, 6.45) is 0.561. The number of carbonyl (C=O) groups excluding carboxylic acids is 1. The van der Waals surface area contributed by atoms with Gasteiger partial charge in [0, 0.05) is 12.5 Å². The van der Waals surface area contributed by atoms with Crippen LogP contribution >= 0.6 is 0 Å². The van der Waals surface area contributed by atoms with Crippen molar-refractivity contribution in [3.05, 3.63) is 23.8 Å². The summed E-state index contributed by atoms with van der Waals surface area (Å²) < 4.78 is 10.8. The van der Waals surface area contributed by atoms with Gasteiger partial charge in [0.1, 0.15) is 0 Å². The first-order valence-corrected chi connectivity index (χ1v) is 9.23. The van der Waals surface area contributed by atoms with Crippen molar-refractivity contribution in [1.82, 2.24) is 10.2 Å². The zero-order chi connectivity index (χ0) is 20.0. The van der Waals surface area contributed by atoms with Crippen molar-refractivity contribution in [2.45, 2.75) is 58.3 Å². The number of nitrogens with one attached hydrogen (secondary N) is 1. The Bertz CT molecular complexity index is 667. The molecule has 2 rings (SSSR count). The van der Waals surface area contributed by atoms with E-state index in [1.54, 1.807) is 0 Å². The van der Waals surface area contributed by atoms with E-state index in [0.29, 0.717) is 0 Å². The van der Waals surface area contributed by atoms with Gasteiger partial charge in [-0.05, 0) is 50.9 Å². The van der Waals surface area contributed by atoms with Gasteiger partial charge in [0.25, 0.3) is 0 Å². The summed E-state index contributed by atoms with van der Waals surface area (Å²) in [5, 5.41) is 11.6. The Morgan fingerprint density at radius 2 is 2.00 bits per heavy atom. The smallest absolute Gasteiger partial charge is 0.303 e. The fourth-order valence-corrected chi connectivity index (χ4v) is 3.30. The van der Waals surface area contributed by atoms with Gasteiger partial charge in [0.15, 0.2) is 11.5 Å². The van der Waals surface area contributed by atoms with Crippen molar-refractivity contribution in [1.29, 1.82) is 0 Å². The molecule has 8 heteroatoms. The number of ether oxygens (including phenoxy) is 2. The first kappa shape index (κ1) is 21.0. The van der Waals surface area contributed by atoms with Crippen molar-refractivity contribution in [3.8, 4) is 11.5 Å². The van der Waals surface area contributed by atoms with Crippen molar-refractivity contribution >= 4 is 11.9 Å². The van der Waals surface area contributed by atoms with E-state index in [1.165, 1.54) is 0 Å². The summed E-state index contributed by atoms with van der Waals surface area (Å²) >= 11 is 0. The fourth-order valence-electron chi connectivity index (χ4n) is 3.30. The molecular formula is C19H29N3O5. The summed E-state index contributed by atoms with van der Waals surface area (Å²) in [5.41, 5.74) is 6.91. The lowest BCUT2D eigenvalue weighted by Gasteiger charge is -2.34. The van der Waals surface area contributed by atoms with E-state index >= 15 is 0 Å². The normalized spacial score (nSPS) is 16.0. The lowest BCUT2D eigenvalue weighted by atomic mass is 10.0. The summed E-state index contributed by atoms with van der Waals surface area (Å²) in [4.78, 5) is 25.0. The maximum atomic E-state index is 12.2. The third-order valence-corrected chi connectivity index (χ3v) is 4.75. The number of hydrogen-bond donors (Lipinski definition) is 3. The third kappa shape index (κ3) is 5.83. The van der Waals surface area contributed by atoms with Crippen molar-refractivity contribution < 1.29 is 24.2 Å². The van der Waals surface area contributed by atoms with Gasteiger partial charge >= 0.3 is 5.97 Å². The zero-order valence-corrected chi connectivity index (χ0v) is 16.1. The second kappa shape index (κ2) is 9.57. The van der Waals surface area contributed by atoms with Gasteiger partial charge in [-0.2, -0.15) is 0 Å². The highest BCUT2D eigenvalue weighted by Crippen LogP contribution is 2.33. The maximum absolute atomic E-state index is 12.2. The van der Waals surface area contributed by atoms with Crippen LogP contribution in [0, 0.1) is 0 Å². The predicted molar refractivity (Wildman–Crippen MR) is 101 cm³/mol. The van der Waals surface area contributed by atoms with Gasteiger partial charge in [0.2, 0.25) is 12.7 Å². The molecule has 1 heterocycles. The molecule has 4 N–H and O–H groups in total. The third-order valence-electron chi connectivity index (χ3n) is 4.75. The quantitative estimate of drug-likeness (QED) is 0.525. The number of carboxylic acids is 1. The Balaban J connectivity index is 1.91. The number of likely N-dealkylation sites (N-methyl/N-ethyl adjacent to an activating group) is 1. The van der Waals surface area contributed by atoms with Crippen LogP contribution in [0.2, 0.25) is 0 Å². The van der Waals surface area contributed by atoms with Gasteiger partial charge in [-0.25, -0.2) is 0 Å². The monoisotopic (exact) mass is 379 g/mol. The number of benzene rings is 1. The topological polar surface area (TPSA) is 114 Å². The highest BCUT2D eigenvalue weighted by Gasteiger charge is 2.24. The molecular weight excluding hydrogens is 350 g/mol. The van der Waals surface area contributed by atoms with Crippen LogP contribution in [0.5, 0.6) is 11.5 Å². The van der Waals surface area contributed by atoms with Crippen LogP contribution in [-0.4, -0.2) is 53.5 Å². The van der Waals surface area contributed by atoms with Crippen LogP contribution < -0.4 is 20.5 Å². The highest BCUT2D eigenvalue weighted by molar-refractivity contribution is 5.82. The van der Waals surface area contributed by atoms with Crippen LogP contribution in [0.25, 0.3) is 0 Å². The van der Waals surface area contributed by atoms with Gasteiger partial charge in [-0.1, -0.05) is 13.0 Å². The Morgan fingerprint density at radius 3 is 2.67 bits per heavy atom. The standard InChI is InChI=1S/C19H29N3O5/c1-4-22(13(3)21-19(25)15(20)6-8-18(23)24)12(2)9-14-5-7-16-17(10-14)27-11-26-16/h5,7,10,12-13,15H,4,6,8-9,11,20H2,1-3H3,(H,21,25)(H,23,24). The molecule has 150 valence electrons. The highest BCUT2D eigenvalue weighted by atomic mass is 16.7. The van der Waals surface area contributed by atoms with Crippen LogP contribution in [0.4, 0.5) is 0 Å². The maximum Gasteiger partial charge on any atom is 0.303 e. The minimum atomic E-state index is -0.959. The molecule has 1 aliphatic rings. The van der Waals surface area contributed by atoms with E-state index in [1.807, 2.05) is 32.0 Å². The number of carboxylic acid groups (broad SMARTS) is 1.